The van der Waals surface area contributed by atoms with Crippen LogP contribution >= 0.6 is 23.1 Å². The zero-order chi connectivity index (χ0) is 11.9. The monoisotopic (exact) mass is 266 g/mol. The standard InChI is InChI=1S/C13H14O2S2/c14-12(13-6-3-9-17-13)5-2-8-16-10-11-4-1-7-15-11/h1,3-4,6-7,9H,2,5,8,10H2. The SMILES string of the molecule is O=C(CCCSCc1ccco1)c1cccs1. The number of hydrogen-bond acceptors (Lipinski definition) is 4. The number of thioether (sulfide) groups is 1. The number of rotatable bonds is 7. The Balaban J connectivity index is 1.59. The van der Waals surface area contributed by atoms with Gasteiger partial charge >= 0.3 is 0 Å². The van der Waals surface area contributed by atoms with E-state index >= 15 is 0 Å². The summed E-state index contributed by atoms with van der Waals surface area (Å²) in [5, 5.41) is 1.94. The third-order valence-electron chi connectivity index (χ3n) is 2.31. The minimum absolute atomic E-state index is 0.263. The first-order valence-corrected chi connectivity index (χ1v) is 7.56. The molecule has 0 bridgehead atoms. The summed E-state index contributed by atoms with van der Waals surface area (Å²) in [6.07, 6.45) is 3.27. The van der Waals surface area contributed by atoms with E-state index in [1.54, 1.807) is 6.26 Å². The predicted molar refractivity (Wildman–Crippen MR) is 72.8 cm³/mol. The molecule has 0 aliphatic rings. The molecular formula is C13H14O2S2. The molecule has 4 heteroatoms. The molecule has 0 N–H and O–H groups in total. The normalized spacial score (nSPS) is 10.6. The van der Waals surface area contributed by atoms with E-state index in [0.29, 0.717) is 6.42 Å². The van der Waals surface area contributed by atoms with E-state index in [1.807, 2.05) is 41.4 Å². The Hall–Kier alpha value is -1.000. The Kier molecular flexibility index (Phi) is 4.88. The number of carbonyl (C=O) groups excluding carboxylic acids is 1. The summed E-state index contributed by atoms with van der Waals surface area (Å²) in [6, 6.07) is 7.69. The fraction of sp³-hybridized carbons (Fsp3) is 0.308. The molecule has 0 aromatic carbocycles. The molecule has 17 heavy (non-hydrogen) atoms. The van der Waals surface area contributed by atoms with Crippen LogP contribution in [-0.4, -0.2) is 11.5 Å². The van der Waals surface area contributed by atoms with Crippen LogP contribution in [0.4, 0.5) is 0 Å². The number of ketones is 1. The molecule has 0 aliphatic heterocycles. The summed E-state index contributed by atoms with van der Waals surface area (Å²) in [7, 11) is 0. The Morgan fingerprint density at radius 3 is 3.00 bits per heavy atom. The molecule has 2 heterocycles. The van der Waals surface area contributed by atoms with Gasteiger partial charge in [0.15, 0.2) is 5.78 Å². The van der Waals surface area contributed by atoms with Gasteiger partial charge in [-0.15, -0.1) is 11.3 Å². The minimum atomic E-state index is 0.263. The molecule has 0 amide bonds. The van der Waals surface area contributed by atoms with Gasteiger partial charge in [0.2, 0.25) is 0 Å². The lowest BCUT2D eigenvalue weighted by Gasteiger charge is -1.99. The van der Waals surface area contributed by atoms with Gasteiger partial charge in [-0.25, -0.2) is 0 Å². The second kappa shape index (κ2) is 6.67. The van der Waals surface area contributed by atoms with Crippen molar-refractivity contribution in [3.8, 4) is 0 Å². The molecule has 90 valence electrons. The maximum atomic E-state index is 11.7. The Morgan fingerprint density at radius 2 is 2.29 bits per heavy atom. The van der Waals surface area contributed by atoms with Crippen molar-refractivity contribution in [1.82, 2.24) is 0 Å². The molecular weight excluding hydrogens is 252 g/mol. The van der Waals surface area contributed by atoms with Crippen molar-refractivity contribution >= 4 is 28.9 Å². The van der Waals surface area contributed by atoms with Crippen molar-refractivity contribution in [2.75, 3.05) is 5.75 Å². The Morgan fingerprint density at radius 1 is 1.35 bits per heavy atom. The van der Waals surface area contributed by atoms with Gasteiger partial charge in [-0.2, -0.15) is 11.8 Å². The molecule has 0 atom stereocenters. The summed E-state index contributed by atoms with van der Waals surface area (Å²) in [4.78, 5) is 12.6. The van der Waals surface area contributed by atoms with Crippen LogP contribution in [0.1, 0.15) is 28.3 Å². The Bertz CT molecular complexity index is 432. The topological polar surface area (TPSA) is 30.2 Å². The summed E-state index contributed by atoms with van der Waals surface area (Å²) in [6.45, 7) is 0. The lowest BCUT2D eigenvalue weighted by Crippen LogP contribution is -1.96. The summed E-state index contributed by atoms with van der Waals surface area (Å²) >= 11 is 3.33. The summed E-state index contributed by atoms with van der Waals surface area (Å²) < 4.78 is 5.23. The van der Waals surface area contributed by atoms with E-state index in [9.17, 15) is 4.79 Å². The molecule has 0 fully saturated rings. The zero-order valence-electron chi connectivity index (χ0n) is 9.43. The minimum Gasteiger partial charge on any atom is -0.468 e. The highest BCUT2D eigenvalue weighted by molar-refractivity contribution is 7.98. The Labute approximate surface area is 109 Å². The quantitative estimate of drug-likeness (QED) is 0.554. The molecule has 2 aromatic rings. The van der Waals surface area contributed by atoms with Crippen LogP contribution in [0.5, 0.6) is 0 Å². The first-order valence-electron chi connectivity index (χ1n) is 5.53. The van der Waals surface area contributed by atoms with Crippen LogP contribution in [-0.2, 0) is 5.75 Å². The van der Waals surface area contributed by atoms with Crippen molar-refractivity contribution in [1.29, 1.82) is 0 Å². The van der Waals surface area contributed by atoms with Crippen LogP contribution < -0.4 is 0 Å². The van der Waals surface area contributed by atoms with Crippen molar-refractivity contribution in [3.63, 3.8) is 0 Å². The van der Waals surface area contributed by atoms with Crippen molar-refractivity contribution in [2.45, 2.75) is 18.6 Å². The number of carbonyl (C=O) groups is 1. The van der Waals surface area contributed by atoms with Crippen molar-refractivity contribution < 1.29 is 9.21 Å². The first kappa shape index (κ1) is 12.5. The van der Waals surface area contributed by atoms with E-state index in [4.69, 9.17) is 4.42 Å². The van der Waals surface area contributed by atoms with Crippen LogP contribution in [0.2, 0.25) is 0 Å². The third kappa shape index (κ3) is 4.06. The lowest BCUT2D eigenvalue weighted by molar-refractivity contribution is 0.0986. The van der Waals surface area contributed by atoms with E-state index in [-0.39, 0.29) is 5.78 Å². The van der Waals surface area contributed by atoms with Gasteiger partial charge in [0, 0.05) is 6.42 Å². The van der Waals surface area contributed by atoms with Gasteiger partial charge in [-0.1, -0.05) is 6.07 Å². The highest BCUT2D eigenvalue weighted by Gasteiger charge is 2.06. The van der Waals surface area contributed by atoms with Crippen molar-refractivity contribution in [3.05, 3.63) is 46.5 Å². The molecule has 2 rings (SSSR count). The largest absolute Gasteiger partial charge is 0.468 e. The average Bonchev–Trinajstić information content (AvgIpc) is 3.01. The molecule has 0 saturated heterocycles. The fourth-order valence-electron chi connectivity index (χ4n) is 1.46. The van der Waals surface area contributed by atoms with Gasteiger partial charge in [0.05, 0.1) is 16.9 Å². The summed E-state index contributed by atoms with van der Waals surface area (Å²) in [5.74, 6) is 3.15. The van der Waals surface area contributed by atoms with E-state index < -0.39 is 0 Å². The van der Waals surface area contributed by atoms with Gasteiger partial charge in [-0.3, -0.25) is 4.79 Å². The summed E-state index contributed by atoms with van der Waals surface area (Å²) in [5.41, 5.74) is 0. The molecule has 0 radical (unpaired) electrons. The molecule has 2 aromatic heterocycles. The van der Waals surface area contributed by atoms with Gasteiger partial charge in [0.1, 0.15) is 5.76 Å². The third-order valence-corrected chi connectivity index (χ3v) is 4.29. The molecule has 2 nitrogen and oxygen atoms in total. The second-order valence-corrected chi connectivity index (χ2v) is 5.69. The highest BCUT2D eigenvalue weighted by Crippen LogP contribution is 2.16. The molecule has 0 unspecified atom stereocenters. The number of furan rings is 1. The van der Waals surface area contributed by atoms with Gasteiger partial charge < -0.3 is 4.42 Å². The smallest absolute Gasteiger partial charge is 0.172 e. The van der Waals surface area contributed by atoms with E-state index in [1.165, 1.54) is 11.3 Å². The van der Waals surface area contributed by atoms with Crippen molar-refractivity contribution in [2.24, 2.45) is 0 Å². The zero-order valence-corrected chi connectivity index (χ0v) is 11.1. The first-order chi connectivity index (χ1) is 8.36. The van der Waals surface area contributed by atoms with E-state index in [0.717, 1.165) is 28.6 Å². The highest BCUT2D eigenvalue weighted by atomic mass is 32.2. The van der Waals surface area contributed by atoms with Gasteiger partial charge in [0.25, 0.3) is 0 Å². The maximum Gasteiger partial charge on any atom is 0.172 e. The van der Waals surface area contributed by atoms with E-state index in [2.05, 4.69) is 0 Å². The maximum absolute atomic E-state index is 11.7. The molecule has 0 saturated carbocycles. The second-order valence-electron chi connectivity index (χ2n) is 3.64. The fourth-order valence-corrected chi connectivity index (χ4v) is 3.02. The van der Waals surface area contributed by atoms with Crippen LogP contribution in [0.15, 0.2) is 40.3 Å². The predicted octanol–water partition coefficient (Wildman–Crippen LogP) is 4.24. The number of Topliss-reactive ketones (excluding diaryl/α,β-unsaturated/α-hetero) is 1. The molecule has 0 spiro atoms. The van der Waals surface area contributed by atoms with Gasteiger partial charge in [-0.05, 0) is 35.8 Å². The van der Waals surface area contributed by atoms with Crippen LogP contribution in [0.3, 0.4) is 0 Å². The van der Waals surface area contributed by atoms with Crippen LogP contribution in [0.25, 0.3) is 0 Å². The average molecular weight is 266 g/mol. The number of thiophene rings is 1. The molecule has 0 aliphatic carbocycles. The van der Waals surface area contributed by atoms with Crippen LogP contribution in [0, 0.1) is 0 Å². The number of hydrogen-bond donors (Lipinski definition) is 0. The lowest BCUT2D eigenvalue weighted by atomic mass is 10.2.